The lowest BCUT2D eigenvalue weighted by atomic mass is 10.1. The van der Waals surface area contributed by atoms with Crippen molar-refractivity contribution in [3.05, 3.63) is 24.0 Å². The quantitative estimate of drug-likeness (QED) is 0.803. The van der Waals surface area contributed by atoms with Crippen LogP contribution in [0.25, 0.3) is 0 Å². The molecule has 1 amide bonds. The smallest absolute Gasteiger partial charge is 0.253 e. The highest BCUT2D eigenvalue weighted by Crippen LogP contribution is 2.28. The van der Waals surface area contributed by atoms with Gasteiger partial charge in [0.2, 0.25) is 0 Å². The van der Waals surface area contributed by atoms with Crippen molar-refractivity contribution in [3.8, 4) is 0 Å². The van der Waals surface area contributed by atoms with Gasteiger partial charge >= 0.3 is 0 Å². The van der Waals surface area contributed by atoms with E-state index in [0.717, 1.165) is 13.0 Å². The maximum Gasteiger partial charge on any atom is 0.253 e. The van der Waals surface area contributed by atoms with Gasteiger partial charge in [-0.3, -0.25) is 14.7 Å². The van der Waals surface area contributed by atoms with Gasteiger partial charge in [0.15, 0.2) is 0 Å². The fourth-order valence-electron chi connectivity index (χ4n) is 3.11. The van der Waals surface area contributed by atoms with E-state index in [1.165, 1.54) is 25.6 Å². The van der Waals surface area contributed by atoms with Gasteiger partial charge in [-0.2, -0.15) is 0 Å². The number of nitrogens with zero attached hydrogens (tertiary/aromatic N) is 2. The molecule has 3 heterocycles. The van der Waals surface area contributed by atoms with Crippen molar-refractivity contribution in [3.63, 3.8) is 0 Å². The van der Waals surface area contributed by atoms with Crippen molar-refractivity contribution in [2.75, 3.05) is 18.8 Å². The number of nitrogens with two attached hydrogens (primary N) is 1. The number of hydrogen-bond donors (Lipinski definition) is 2. The Hall–Kier alpha value is -1.62. The topological polar surface area (TPSA) is 71.2 Å². The standard InChI is InChI=1S/C13H18N4O/c14-10-8-15-5-3-9(10)13(18)16-11-4-7-17-6-1-2-12(11)17/h3,5,8,11-12H,1-2,4,6-7,14H2,(H,16,18). The Kier molecular flexibility index (Phi) is 2.91. The molecule has 2 fully saturated rings. The summed E-state index contributed by atoms with van der Waals surface area (Å²) in [5.74, 6) is -0.0753. The summed E-state index contributed by atoms with van der Waals surface area (Å²) in [6.07, 6.45) is 6.60. The Bertz CT molecular complexity index is 462. The van der Waals surface area contributed by atoms with E-state index in [-0.39, 0.29) is 11.9 Å². The minimum absolute atomic E-state index is 0.0753. The molecule has 2 aliphatic rings. The first-order valence-corrected chi connectivity index (χ1v) is 6.50. The zero-order valence-electron chi connectivity index (χ0n) is 10.3. The molecule has 0 spiro atoms. The normalized spacial score (nSPS) is 27.1. The number of fused-ring (bicyclic) bond motifs is 1. The van der Waals surface area contributed by atoms with Crippen LogP contribution in [-0.4, -0.2) is 41.0 Å². The summed E-state index contributed by atoms with van der Waals surface area (Å²) in [6.45, 7) is 2.27. The maximum absolute atomic E-state index is 12.2. The largest absolute Gasteiger partial charge is 0.397 e. The van der Waals surface area contributed by atoms with Gasteiger partial charge in [-0.25, -0.2) is 0 Å². The highest BCUT2D eigenvalue weighted by molar-refractivity contribution is 5.99. The average Bonchev–Trinajstić information content (AvgIpc) is 2.94. The number of amides is 1. The Morgan fingerprint density at radius 3 is 3.17 bits per heavy atom. The molecule has 0 aromatic carbocycles. The number of aromatic nitrogens is 1. The Labute approximate surface area is 106 Å². The third-order valence-electron chi connectivity index (χ3n) is 4.02. The molecule has 18 heavy (non-hydrogen) atoms. The molecular formula is C13H18N4O. The van der Waals surface area contributed by atoms with E-state index in [9.17, 15) is 4.79 Å². The molecule has 2 unspecified atom stereocenters. The number of nitrogens with one attached hydrogen (secondary N) is 1. The van der Waals surface area contributed by atoms with Crippen LogP contribution < -0.4 is 11.1 Å². The average molecular weight is 246 g/mol. The van der Waals surface area contributed by atoms with E-state index in [1.807, 2.05) is 0 Å². The molecule has 0 aliphatic carbocycles. The molecule has 0 radical (unpaired) electrons. The van der Waals surface area contributed by atoms with Crippen molar-refractivity contribution >= 4 is 11.6 Å². The summed E-state index contributed by atoms with van der Waals surface area (Å²) in [6, 6.07) is 2.47. The van der Waals surface area contributed by atoms with Crippen LogP contribution in [0.2, 0.25) is 0 Å². The molecule has 2 saturated heterocycles. The van der Waals surface area contributed by atoms with Gasteiger partial charge in [-0.05, 0) is 31.9 Å². The maximum atomic E-state index is 12.2. The van der Waals surface area contributed by atoms with Crippen LogP contribution in [0.4, 0.5) is 5.69 Å². The first-order chi connectivity index (χ1) is 8.75. The summed E-state index contributed by atoms with van der Waals surface area (Å²) in [7, 11) is 0. The zero-order valence-corrected chi connectivity index (χ0v) is 10.3. The number of anilines is 1. The van der Waals surface area contributed by atoms with E-state index in [2.05, 4.69) is 15.2 Å². The summed E-state index contributed by atoms with van der Waals surface area (Å²) in [5.41, 5.74) is 6.74. The second-order valence-electron chi connectivity index (χ2n) is 5.08. The van der Waals surface area contributed by atoms with Gasteiger partial charge in [-0.1, -0.05) is 0 Å². The van der Waals surface area contributed by atoms with Crippen LogP contribution >= 0.6 is 0 Å². The lowest BCUT2D eigenvalue weighted by molar-refractivity contribution is 0.0930. The number of hydrogen-bond acceptors (Lipinski definition) is 4. The SMILES string of the molecule is Nc1cnccc1C(=O)NC1CCN2CCCC12. The van der Waals surface area contributed by atoms with Crippen molar-refractivity contribution in [1.82, 2.24) is 15.2 Å². The first-order valence-electron chi connectivity index (χ1n) is 6.50. The second-order valence-corrected chi connectivity index (χ2v) is 5.08. The van der Waals surface area contributed by atoms with Crippen molar-refractivity contribution < 1.29 is 4.79 Å². The molecule has 96 valence electrons. The van der Waals surface area contributed by atoms with Crippen LogP contribution in [-0.2, 0) is 0 Å². The lowest BCUT2D eigenvalue weighted by Gasteiger charge is -2.21. The lowest BCUT2D eigenvalue weighted by Crippen LogP contribution is -2.42. The Morgan fingerprint density at radius 1 is 1.44 bits per heavy atom. The number of carbonyl (C=O) groups is 1. The molecule has 3 N–H and O–H groups in total. The summed E-state index contributed by atoms with van der Waals surface area (Å²) in [4.78, 5) is 18.5. The summed E-state index contributed by atoms with van der Waals surface area (Å²) in [5, 5.41) is 3.12. The minimum atomic E-state index is -0.0753. The van der Waals surface area contributed by atoms with E-state index >= 15 is 0 Å². The number of nitrogen functional groups attached to an aromatic ring is 1. The number of pyridine rings is 1. The molecule has 2 aliphatic heterocycles. The van der Waals surface area contributed by atoms with Crippen LogP contribution in [0.1, 0.15) is 29.6 Å². The molecule has 0 saturated carbocycles. The first kappa shape index (κ1) is 11.5. The molecule has 1 aromatic rings. The van der Waals surface area contributed by atoms with Gasteiger partial charge in [0.25, 0.3) is 5.91 Å². The zero-order chi connectivity index (χ0) is 12.5. The van der Waals surface area contributed by atoms with Crippen molar-refractivity contribution in [1.29, 1.82) is 0 Å². The number of carbonyl (C=O) groups excluding carboxylic acids is 1. The van der Waals surface area contributed by atoms with Crippen LogP contribution in [0.5, 0.6) is 0 Å². The Morgan fingerprint density at radius 2 is 2.33 bits per heavy atom. The van der Waals surface area contributed by atoms with Gasteiger partial charge in [0, 0.05) is 24.8 Å². The van der Waals surface area contributed by atoms with E-state index in [4.69, 9.17) is 5.73 Å². The molecule has 2 atom stereocenters. The van der Waals surface area contributed by atoms with E-state index in [0.29, 0.717) is 17.3 Å². The van der Waals surface area contributed by atoms with Crippen molar-refractivity contribution in [2.24, 2.45) is 0 Å². The monoisotopic (exact) mass is 246 g/mol. The molecular weight excluding hydrogens is 228 g/mol. The fourth-order valence-corrected chi connectivity index (χ4v) is 3.11. The van der Waals surface area contributed by atoms with E-state index < -0.39 is 0 Å². The highest BCUT2D eigenvalue weighted by atomic mass is 16.1. The van der Waals surface area contributed by atoms with Crippen LogP contribution in [0, 0.1) is 0 Å². The molecule has 3 rings (SSSR count). The minimum Gasteiger partial charge on any atom is -0.397 e. The Balaban J connectivity index is 1.70. The molecule has 1 aromatic heterocycles. The fraction of sp³-hybridized carbons (Fsp3) is 0.538. The molecule has 0 bridgehead atoms. The number of rotatable bonds is 2. The van der Waals surface area contributed by atoms with Gasteiger partial charge in [-0.15, -0.1) is 0 Å². The third kappa shape index (κ3) is 1.95. The third-order valence-corrected chi connectivity index (χ3v) is 4.02. The van der Waals surface area contributed by atoms with Gasteiger partial charge in [0.1, 0.15) is 0 Å². The summed E-state index contributed by atoms with van der Waals surface area (Å²) < 4.78 is 0. The van der Waals surface area contributed by atoms with Gasteiger partial charge in [0.05, 0.1) is 17.4 Å². The van der Waals surface area contributed by atoms with E-state index in [1.54, 1.807) is 12.3 Å². The van der Waals surface area contributed by atoms with Crippen molar-refractivity contribution in [2.45, 2.75) is 31.3 Å². The summed E-state index contributed by atoms with van der Waals surface area (Å²) >= 11 is 0. The van der Waals surface area contributed by atoms with Gasteiger partial charge < -0.3 is 11.1 Å². The van der Waals surface area contributed by atoms with Crippen LogP contribution in [0.15, 0.2) is 18.5 Å². The second kappa shape index (κ2) is 4.57. The molecule has 5 heteroatoms. The van der Waals surface area contributed by atoms with Crippen LogP contribution in [0.3, 0.4) is 0 Å². The molecule has 5 nitrogen and oxygen atoms in total. The highest BCUT2D eigenvalue weighted by Gasteiger charge is 2.37. The predicted octanol–water partition coefficient (Wildman–Crippen LogP) is 0.630. The predicted molar refractivity (Wildman–Crippen MR) is 69.1 cm³/mol.